The number of furan rings is 1. The van der Waals surface area contributed by atoms with Crippen LogP contribution in [0.15, 0.2) is 229 Å². The van der Waals surface area contributed by atoms with Crippen molar-refractivity contribution in [1.82, 2.24) is 19.5 Å². The number of fused-ring (bicyclic) bond motifs is 11. The van der Waals surface area contributed by atoms with Crippen molar-refractivity contribution in [2.75, 3.05) is 0 Å². The molecular weight excluding hydrogens is 829 g/mol. The molecule has 1 unspecified atom stereocenters. The normalized spacial score (nSPS) is 14.0. The molecule has 10 aromatic carbocycles. The van der Waals surface area contributed by atoms with Gasteiger partial charge in [-0.2, -0.15) is 0 Å². The van der Waals surface area contributed by atoms with Crippen LogP contribution in [0.1, 0.15) is 23.7 Å². The Labute approximate surface area is 391 Å². The van der Waals surface area contributed by atoms with Gasteiger partial charge in [0.1, 0.15) is 5.58 Å². The second-order valence-corrected chi connectivity index (χ2v) is 17.9. The van der Waals surface area contributed by atoms with E-state index in [2.05, 4.69) is 223 Å². The molecule has 1 aliphatic carbocycles. The molecule has 318 valence electrons. The lowest BCUT2D eigenvalue weighted by Crippen LogP contribution is -2.05. The Morgan fingerprint density at radius 3 is 1.90 bits per heavy atom. The van der Waals surface area contributed by atoms with Crippen LogP contribution in [0, 0.1) is 0 Å². The summed E-state index contributed by atoms with van der Waals surface area (Å²) in [4.78, 5) is 15.7. The topological polar surface area (TPSA) is 56.7 Å². The molecule has 0 bridgehead atoms. The third-order valence-corrected chi connectivity index (χ3v) is 13.9. The molecule has 68 heavy (non-hydrogen) atoms. The minimum atomic E-state index is 0.297. The molecule has 0 amide bonds. The first kappa shape index (κ1) is 38.3. The zero-order valence-corrected chi connectivity index (χ0v) is 36.8. The number of rotatable bonds is 6. The molecule has 0 saturated carbocycles. The minimum absolute atomic E-state index is 0.297. The van der Waals surface area contributed by atoms with Gasteiger partial charge in [-0.25, -0.2) is 15.0 Å². The van der Waals surface area contributed by atoms with Crippen molar-refractivity contribution < 1.29 is 4.42 Å². The smallest absolute Gasteiger partial charge is 0.164 e. The van der Waals surface area contributed by atoms with Gasteiger partial charge in [0.25, 0.3) is 0 Å². The molecule has 0 N–H and O–H groups in total. The molecule has 0 saturated heterocycles. The minimum Gasteiger partial charge on any atom is -0.454 e. The first-order valence-electron chi connectivity index (χ1n) is 23.3. The molecule has 0 spiro atoms. The lowest BCUT2D eigenvalue weighted by Gasteiger charge is -2.17. The van der Waals surface area contributed by atoms with Crippen LogP contribution in [0.5, 0.6) is 0 Å². The van der Waals surface area contributed by atoms with Crippen LogP contribution in [-0.4, -0.2) is 19.5 Å². The summed E-state index contributed by atoms with van der Waals surface area (Å²) in [6, 6.07) is 73.5. The molecule has 5 heteroatoms. The Hall–Kier alpha value is -8.93. The number of benzene rings is 10. The predicted molar refractivity (Wildman–Crippen MR) is 281 cm³/mol. The number of hydrogen-bond acceptors (Lipinski definition) is 4. The number of hydrogen-bond donors (Lipinski definition) is 0. The summed E-state index contributed by atoms with van der Waals surface area (Å²) in [5.74, 6) is 2.20. The monoisotopic (exact) mass is 868 g/mol. The maximum atomic E-state index is 7.02. The first-order valence-corrected chi connectivity index (χ1v) is 23.3. The van der Waals surface area contributed by atoms with Crippen molar-refractivity contribution >= 4 is 81.6 Å². The van der Waals surface area contributed by atoms with Gasteiger partial charge in [0.05, 0.1) is 16.7 Å². The fourth-order valence-corrected chi connectivity index (χ4v) is 10.6. The summed E-state index contributed by atoms with van der Waals surface area (Å²) >= 11 is 0. The van der Waals surface area contributed by atoms with E-state index in [4.69, 9.17) is 19.4 Å². The molecule has 1 atom stereocenters. The molecule has 1 aliphatic rings. The van der Waals surface area contributed by atoms with Crippen molar-refractivity contribution in [2.45, 2.75) is 12.3 Å². The summed E-state index contributed by atoms with van der Waals surface area (Å²) in [5, 5.41) is 11.6. The quantitative estimate of drug-likeness (QED) is 0.167. The molecular formula is C63H40N4O. The highest BCUT2D eigenvalue weighted by molar-refractivity contribution is 6.25. The number of nitrogens with zero attached hydrogens (tertiary/aromatic N) is 4. The number of aromatic nitrogens is 4. The Bertz CT molecular complexity index is 4240. The maximum Gasteiger partial charge on any atom is 0.164 e. The highest BCUT2D eigenvalue weighted by atomic mass is 16.3. The van der Waals surface area contributed by atoms with Crippen molar-refractivity contribution in [3.8, 4) is 39.6 Å². The summed E-state index contributed by atoms with van der Waals surface area (Å²) in [5.41, 5.74) is 11.3. The second-order valence-electron chi connectivity index (χ2n) is 17.9. The maximum absolute atomic E-state index is 7.02. The Morgan fingerprint density at radius 2 is 1.07 bits per heavy atom. The fourth-order valence-electron chi connectivity index (χ4n) is 10.6. The van der Waals surface area contributed by atoms with Gasteiger partial charge >= 0.3 is 0 Å². The van der Waals surface area contributed by atoms with E-state index < -0.39 is 0 Å². The summed E-state index contributed by atoms with van der Waals surface area (Å²) in [6.07, 6.45) is 7.58. The highest BCUT2D eigenvalue weighted by Crippen LogP contribution is 2.43. The molecule has 3 aromatic heterocycles. The van der Waals surface area contributed by atoms with E-state index in [1.165, 1.54) is 37.9 Å². The summed E-state index contributed by atoms with van der Waals surface area (Å²) in [7, 11) is 0. The first-order chi connectivity index (χ1) is 33.7. The van der Waals surface area contributed by atoms with Crippen LogP contribution < -0.4 is 0 Å². The van der Waals surface area contributed by atoms with Crippen LogP contribution >= 0.6 is 0 Å². The summed E-state index contributed by atoms with van der Waals surface area (Å²) in [6.45, 7) is 0. The zero-order chi connectivity index (χ0) is 44.7. The van der Waals surface area contributed by atoms with E-state index in [9.17, 15) is 0 Å². The van der Waals surface area contributed by atoms with Gasteiger partial charge in [-0.15, -0.1) is 0 Å². The van der Waals surface area contributed by atoms with E-state index in [-0.39, 0.29) is 0 Å². The van der Waals surface area contributed by atoms with Gasteiger partial charge in [-0.05, 0) is 97.9 Å². The van der Waals surface area contributed by atoms with Crippen molar-refractivity contribution in [3.63, 3.8) is 0 Å². The van der Waals surface area contributed by atoms with Crippen molar-refractivity contribution in [2.24, 2.45) is 0 Å². The van der Waals surface area contributed by atoms with Gasteiger partial charge in [0, 0.05) is 44.2 Å². The number of para-hydroxylation sites is 1. The molecule has 0 fully saturated rings. The van der Waals surface area contributed by atoms with E-state index in [0.717, 1.165) is 83.7 Å². The zero-order valence-electron chi connectivity index (χ0n) is 36.8. The fraction of sp³-hybridized carbons (Fsp3) is 0.0317. The van der Waals surface area contributed by atoms with Gasteiger partial charge in [-0.3, -0.25) is 0 Å². The lowest BCUT2D eigenvalue weighted by atomic mass is 9.90. The molecule has 0 radical (unpaired) electrons. The average Bonchev–Trinajstić information content (AvgIpc) is 3.96. The van der Waals surface area contributed by atoms with Crippen molar-refractivity contribution in [1.29, 1.82) is 0 Å². The molecule has 3 heterocycles. The second kappa shape index (κ2) is 15.3. The van der Waals surface area contributed by atoms with Crippen LogP contribution in [0.3, 0.4) is 0 Å². The van der Waals surface area contributed by atoms with Gasteiger partial charge in [0.2, 0.25) is 0 Å². The largest absolute Gasteiger partial charge is 0.454 e. The molecule has 0 aliphatic heterocycles. The van der Waals surface area contributed by atoms with E-state index >= 15 is 0 Å². The van der Waals surface area contributed by atoms with E-state index in [1.807, 2.05) is 6.07 Å². The standard InChI is InChI=1S/C63H40N4O/c1-3-13-39(14-4-1)41-25-28-44(29-26-41)61-64-62(48-21-11-20-45(35-48)40-15-5-2-6-16-40)66-63(65-61)49-30-27-43-32-34-57-59(52(43)37-49)51-23-12-24-55(60(51)68-57)67-54-33-31-42-17-9-10-22-50(42)58(54)53-36-46-18-7-8-19-47(46)38-56(53)67/h1-25,27-38,41H,26H2. The predicted octanol–water partition coefficient (Wildman–Crippen LogP) is 16.5. The van der Waals surface area contributed by atoms with Gasteiger partial charge < -0.3 is 8.98 Å². The Kier molecular flexibility index (Phi) is 8.65. The molecule has 13 aromatic rings. The Balaban J connectivity index is 0.950. The van der Waals surface area contributed by atoms with Crippen LogP contribution in [-0.2, 0) is 0 Å². The van der Waals surface area contributed by atoms with E-state index in [1.54, 1.807) is 0 Å². The molecule has 5 nitrogen and oxygen atoms in total. The number of allylic oxidation sites excluding steroid dienone is 4. The third kappa shape index (κ3) is 6.20. The SMILES string of the molecule is C1=CC(c2ccccc2)CC=C1c1nc(-c2cccc(-c3ccccc3)c2)nc(-c2ccc3ccc4oc5c(-n6c7cc8ccccc8cc7c7c8ccccc8ccc76)cccc5c4c3c2)n1. The van der Waals surface area contributed by atoms with Crippen molar-refractivity contribution in [3.05, 3.63) is 236 Å². The van der Waals surface area contributed by atoms with Gasteiger partial charge in [0.15, 0.2) is 23.1 Å². The van der Waals surface area contributed by atoms with Crippen LogP contribution in [0.2, 0.25) is 0 Å². The van der Waals surface area contributed by atoms with Crippen LogP contribution in [0.4, 0.5) is 0 Å². The van der Waals surface area contributed by atoms with E-state index in [0.29, 0.717) is 23.4 Å². The Morgan fingerprint density at radius 1 is 0.426 bits per heavy atom. The average molecular weight is 869 g/mol. The van der Waals surface area contributed by atoms with Gasteiger partial charge in [-0.1, -0.05) is 182 Å². The third-order valence-electron chi connectivity index (χ3n) is 13.9. The lowest BCUT2D eigenvalue weighted by molar-refractivity contribution is 0.666. The molecule has 14 rings (SSSR count). The summed E-state index contributed by atoms with van der Waals surface area (Å²) < 4.78 is 9.42. The highest BCUT2D eigenvalue weighted by Gasteiger charge is 2.22. The van der Waals surface area contributed by atoms with Crippen LogP contribution in [0.25, 0.3) is 121 Å².